The lowest BCUT2D eigenvalue weighted by Gasteiger charge is -2.25. The molecule has 0 radical (unpaired) electrons. The third-order valence-corrected chi connectivity index (χ3v) is 5.64. The van der Waals surface area contributed by atoms with Gasteiger partial charge in [-0.15, -0.1) is 0 Å². The number of anilines is 2. The van der Waals surface area contributed by atoms with Gasteiger partial charge in [0.1, 0.15) is 4.88 Å². The first kappa shape index (κ1) is 18.7. The molecule has 0 saturated carbocycles. The second-order valence-electron chi connectivity index (χ2n) is 6.58. The highest BCUT2D eigenvalue weighted by Crippen LogP contribution is 2.26. The van der Waals surface area contributed by atoms with Crippen molar-refractivity contribution in [3.8, 4) is 0 Å². The van der Waals surface area contributed by atoms with Crippen molar-refractivity contribution < 1.29 is 9.53 Å². The van der Waals surface area contributed by atoms with Crippen LogP contribution >= 0.6 is 11.3 Å². The van der Waals surface area contributed by atoms with E-state index in [0.29, 0.717) is 24.6 Å². The zero-order valence-electron chi connectivity index (χ0n) is 15.6. The first-order valence-corrected chi connectivity index (χ1v) is 9.71. The minimum atomic E-state index is -0.0376. The number of nitrogens with one attached hydrogen (secondary N) is 1. The monoisotopic (exact) mass is 374 g/mol. The van der Waals surface area contributed by atoms with E-state index < -0.39 is 0 Å². The summed E-state index contributed by atoms with van der Waals surface area (Å²) in [6.45, 7) is 5.60. The number of nitrogens with zero attached hydrogens (tertiary/aromatic N) is 3. The number of ether oxygens (including phenoxy) is 1. The molecular formula is C19H26N4O2S. The molecule has 3 rings (SSSR count). The Balaban J connectivity index is 1.54. The molecule has 2 heterocycles. The van der Waals surface area contributed by atoms with Gasteiger partial charge in [-0.2, -0.15) is 0 Å². The first-order valence-electron chi connectivity index (χ1n) is 8.89. The molecule has 1 amide bonds. The van der Waals surface area contributed by atoms with Gasteiger partial charge in [-0.3, -0.25) is 4.79 Å². The maximum Gasteiger partial charge on any atom is 0.263 e. The molecule has 26 heavy (non-hydrogen) atoms. The third kappa shape index (κ3) is 4.53. The quantitative estimate of drug-likeness (QED) is 0.841. The molecule has 1 aliphatic rings. The van der Waals surface area contributed by atoms with Gasteiger partial charge in [-0.05, 0) is 31.0 Å². The van der Waals surface area contributed by atoms with E-state index in [-0.39, 0.29) is 5.91 Å². The lowest BCUT2D eigenvalue weighted by molar-refractivity contribution is 0.0957. The Morgan fingerprint density at radius 2 is 1.96 bits per heavy atom. The van der Waals surface area contributed by atoms with E-state index in [1.54, 1.807) is 0 Å². The molecule has 1 N–H and O–H groups in total. The van der Waals surface area contributed by atoms with Gasteiger partial charge in [-0.25, -0.2) is 4.98 Å². The van der Waals surface area contributed by atoms with E-state index in [9.17, 15) is 4.79 Å². The van der Waals surface area contributed by atoms with Gasteiger partial charge < -0.3 is 19.9 Å². The van der Waals surface area contributed by atoms with Crippen LogP contribution in [0.4, 0.5) is 10.8 Å². The number of thiazole rings is 1. The van der Waals surface area contributed by atoms with Gasteiger partial charge in [-0.1, -0.05) is 23.5 Å². The Bertz CT molecular complexity index is 736. The summed E-state index contributed by atoms with van der Waals surface area (Å²) < 4.78 is 5.37. The smallest absolute Gasteiger partial charge is 0.263 e. The Labute approximate surface area is 158 Å². The molecule has 0 bridgehead atoms. The topological polar surface area (TPSA) is 57.7 Å². The van der Waals surface area contributed by atoms with Crippen LogP contribution in [0.5, 0.6) is 0 Å². The zero-order valence-corrected chi connectivity index (χ0v) is 16.4. The van der Waals surface area contributed by atoms with Crippen molar-refractivity contribution >= 4 is 28.1 Å². The molecule has 140 valence electrons. The Morgan fingerprint density at radius 3 is 2.62 bits per heavy atom. The molecule has 0 unspecified atom stereocenters. The van der Waals surface area contributed by atoms with Crippen LogP contribution in [-0.2, 0) is 11.2 Å². The number of amides is 1. The molecule has 2 aromatic rings. The van der Waals surface area contributed by atoms with E-state index in [1.165, 1.54) is 22.6 Å². The average molecular weight is 375 g/mol. The van der Waals surface area contributed by atoms with Crippen molar-refractivity contribution in [2.75, 3.05) is 56.7 Å². The maximum absolute atomic E-state index is 12.5. The number of aryl methyl sites for hydroxylation is 1. The predicted molar refractivity (Wildman–Crippen MR) is 107 cm³/mol. The lowest BCUT2D eigenvalue weighted by Crippen LogP contribution is -2.36. The highest BCUT2D eigenvalue weighted by atomic mass is 32.1. The van der Waals surface area contributed by atoms with Crippen LogP contribution in [0.15, 0.2) is 24.3 Å². The van der Waals surface area contributed by atoms with E-state index in [2.05, 4.69) is 44.4 Å². The number of hydrogen-bond donors (Lipinski definition) is 1. The zero-order chi connectivity index (χ0) is 18.5. The van der Waals surface area contributed by atoms with E-state index in [1.807, 2.05) is 21.0 Å². The third-order valence-electron chi connectivity index (χ3n) is 4.43. The number of carbonyl (C=O) groups is 1. The van der Waals surface area contributed by atoms with Crippen LogP contribution in [0, 0.1) is 6.92 Å². The fourth-order valence-electron chi connectivity index (χ4n) is 2.84. The fraction of sp³-hybridized carbons (Fsp3) is 0.474. The van der Waals surface area contributed by atoms with Gasteiger partial charge >= 0.3 is 0 Å². The van der Waals surface area contributed by atoms with E-state index in [0.717, 1.165) is 30.3 Å². The van der Waals surface area contributed by atoms with E-state index in [4.69, 9.17) is 4.74 Å². The maximum atomic E-state index is 12.5. The largest absolute Gasteiger partial charge is 0.378 e. The summed E-state index contributed by atoms with van der Waals surface area (Å²) in [5, 5.41) is 3.93. The summed E-state index contributed by atoms with van der Waals surface area (Å²) in [4.78, 5) is 22.0. The summed E-state index contributed by atoms with van der Waals surface area (Å²) in [6, 6.07) is 8.41. The Kier molecular flexibility index (Phi) is 6.11. The predicted octanol–water partition coefficient (Wildman–Crippen LogP) is 2.33. The fourth-order valence-corrected chi connectivity index (χ4v) is 3.88. The molecule has 1 aromatic heterocycles. The minimum Gasteiger partial charge on any atom is -0.378 e. The molecule has 1 aliphatic heterocycles. The van der Waals surface area contributed by atoms with Crippen molar-refractivity contribution in [2.45, 2.75) is 13.3 Å². The number of morpholine rings is 1. The first-order chi connectivity index (χ1) is 12.5. The van der Waals surface area contributed by atoms with Crippen molar-refractivity contribution in [3.63, 3.8) is 0 Å². The van der Waals surface area contributed by atoms with Crippen LogP contribution in [-0.4, -0.2) is 57.8 Å². The molecule has 0 atom stereocenters. The summed E-state index contributed by atoms with van der Waals surface area (Å²) in [7, 11) is 4.05. The number of rotatable bonds is 6. The average Bonchev–Trinajstić information content (AvgIpc) is 3.05. The summed E-state index contributed by atoms with van der Waals surface area (Å²) in [5.41, 5.74) is 3.18. The standard InChI is InChI=1S/C19H26N4O2S/c1-14-17(26-19(21-14)23-10-12-25-13-11-23)18(24)20-9-8-15-4-6-16(7-5-15)22(2)3/h4-7H,8-13H2,1-3H3,(H,20,24). The minimum absolute atomic E-state index is 0.0376. The molecule has 7 heteroatoms. The summed E-state index contributed by atoms with van der Waals surface area (Å²) >= 11 is 1.47. The Hall–Kier alpha value is -2.12. The molecule has 6 nitrogen and oxygen atoms in total. The van der Waals surface area contributed by atoms with E-state index >= 15 is 0 Å². The van der Waals surface area contributed by atoms with Crippen molar-refractivity contribution in [2.24, 2.45) is 0 Å². The molecule has 1 fully saturated rings. The number of benzene rings is 1. The lowest BCUT2D eigenvalue weighted by atomic mass is 10.1. The summed E-state index contributed by atoms with van der Waals surface area (Å²) in [6.07, 6.45) is 0.813. The van der Waals surface area contributed by atoms with Gasteiger partial charge in [0.2, 0.25) is 0 Å². The normalized spacial score (nSPS) is 14.3. The molecule has 1 aromatic carbocycles. The molecule has 0 aliphatic carbocycles. The van der Waals surface area contributed by atoms with Crippen molar-refractivity contribution in [1.29, 1.82) is 0 Å². The molecule has 1 saturated heterocycles. The highest BCUT2D eigenvalue weighted by molar-refractivity contribution is 7.17. The van der Waals surface area contributed by atoms with Gasteiger partial charge in [0.05, 0.1) is 18.9 Å². The van der Waals surface area contributed by atoms with Crippen molar-refractivity contribution in [3.05, 3.63) is 40.4 Å². The second-order valence-corrected chi connectivity index (χ2v) is 7.55. The number of aromatic nitrogens is 1. The highest BCUT2D eigenvalue weighted by Gasteiger charge is 2.20. The SMILES string of the molecule is Cc1nc(N2CCOCC2)sc1C(=O)NCCc1ccc(N(C)C)cc1. The van der Waals surface area contributed by atoms with Gasteiger partial charge in [0.15, 0.2) is 5.13 Å². The van der Waals surface area contributed by atoms with Gasteiger partial charge in [0, 0.05) is 39.4 Å². The number of hydrogen-bond acceptors (Lipinski definition) is 6. The van der Waals surface area contributed by atoms with Crippen LogP contribution in [0.1, 0.15) is 20.9 Å². The Morgan fingerprint density at radius 1 is 1.27 bits per heavy atom. The van der Waals surface area contributed by atoms with Gasteiger partial charge in [0.25, 0.3) is 5.91 Å². The van der Waals surface area contributed by atoms with Crippen LogP contribution in [0.25, 0.3) is 0 Å². The summed E-state index contributed by atoms with van der Waals surface area (Å²) in [5.74, 6) is -0.0376. The molecule has 0 spiro atoms. The van der Waals surface area contributed by atoms with Crippen LogP contribution in [0.2, 0.25) is 0 Å². The van der Waals surface area contributed by atoms with Crippen molar-refractivity contribution in [1.82, 2.24) is 10.3 Å². The molecular weight excluding hydrogens is 348 g/mol. The van der Waals surface area contributed by atoms with Crippen LogP contribution < -0.4 is 15.1 Å². The second kappa shape index (κ2) is 8.51. The van der Waals surface area contributed by atoms with Crippen LogP contribution in [0.3, 0.4) is 0 Å². The number of carbonyl (C=O) groups excluding carboxylic acids is 1.